The quantitative estimate of drug-likeness (QED) is 0.901. The Bertz CT molecular complexity index is 427. The Morgan fingerprint density at radius 2 is 2.30 bits per heavy atom. The van der Waals surface area contributed by atoms with Crippen LogP contribution in [0.25, 0.3) is 0 Å². The molecular weight excluding hydrogens is 255 g/mol. The van der Waals surface area contributed by atoms with Crippen molar-refractivity contribution in [3.8, 4) is 0 Å². The van der Waals surface area contributed by atoms with Crippen LogP contribution in [-0.4, -0.2) is 37.7 Å². The highest BCUT2D eigenvalue weighted by Crippen LogP contribution is 2.21. The molecule has 20 heavy (non-hydrogen) atoms. The summed E-state index contributed by atoms with van der Waals surface area (Å²) >= 11 is 0. The van der Waals surface area contributed by atoms with Gasteiger partial charge in [-0.3, -0.25) is 0 Å². The molecule has 0 aromatic heterocycles. The van der Waals surface area contributed by atoms with E-state index in [2.05, 4.69) is 11.8 Å². The van der Waals surface area contributed by atoms with Crippen LogP contribution in [0.3, 0.4) is 0 Å². The second-order valence-electron chi connectivity index (χ2n) is 5.79. The van der Waals surface area contributed by atoms with Crippen molar-refractivity contribution in [2.45, 2.75) is 31.9 Å². The fourth-order valence-corrected chi connectivity index (χ4v) is 2.83. The molecule has 0 aliphatic carbocycles. The Hall–Kier alpha value is -0.970. The lowest BCUT2D eigenvalue weighted by molar-refractivity contribution is -0.00556. The number of ether oxygens (including phenoxy) is 1. The van der Waals surface area contributed by atoms with Crippen LogP contribution in [0, 0.1) is 11.7 Å². The topological polar surface area (TPSA) is 38.5 Å². The molecule has 2 N–H and O–H groups in total. The minimum absolute atomic E-state index is 0.106. The lowest BCUT2D eigenvalue weighted by atomic mass is 9.95. The van der Waals surface area contributed by atoms with Crippen molar-refractivity contribution >= 4 is 0 Å². The fraction of sp³-hybridized carbons (Fsp3) is 0.625. The summed E-state index contributed by atoms with van der Waals surface area (Å²) in [6.45, 7) is 5.23. The molecule has 3 unspecified atom stereocenters. The minimum Gasteiger partial charge on any atom is -0.380 e. The van der Waals surface area contributed by atoms with E-state index in [1.807, 2.05) is 6.07 Å². The largest absolute Gasteiger partial charge is 0.380 e. The number of rotatable bonds is 5. The number of hydrogen-bond acceptors (Lipinski definition) is 3. The zero-order valence-electron chi connectivity index (χ0n) is 12.4. The molecule has 1 aliphatic rings. The molecule has 4 heteroatoms. The molecule has 1 aromatic carbocycles. The van der Waals surface area contributed by atoms with Gasteiger partial charge in [0.1, 0.15) is 5.82 Å². The van der Waals surface area contributed by atoms with Gasteiger partial charge >= 0.3 is 0 Å². The lowest BCUT2D eigenvalue weighted by Crippen LogP contribution is -2.44. The highest BCUT2D eigenvalue weighted by Gasteiger charge is 2.25. The Morgan fingerprint density at radius 3 is 3.00 bits per heavy atom. The maximum Gasteiger partial charge on any atom is 0.123 e. The summed E-state index contributed by atoms with van der Waals surface area (Å²) in [6.07, 6.45) is 2.32. The van der Waals surface area contributed by atoms with Gasteiger partial charge in [0, 0.05) is 26.2 Å². The summed E-state index contributed by atoms with van der Waals surface area (Å²) in [5.74, 6) is 0.400. The van der Waals surface area contributed by atoms with Gasteiger partial charge in [-0.15, -0.1) is 0 Å². The Labute approximate surface area is 120 Å². The summed E-state index contributed by atoms with van der Waals surface area (Å²) in [5, 5.41) is 0. The van der Waals surface area contributed by atoms with E-state index in [-0.39, 0.29) is 11.9 Å². The maximum absolute atomic E-state index is 13.2. The first-order valence-corrected chi connectivity index (χ1v) is 7.36. The SMILES string of the molecule is COC1CN(CCC(N)c2cccc(F)c2)CCC1C. The van der Waals surface area contributed by atoms with E-state index in [1.54, 1.807) is 13.2 Å². The number of hydrogen-bond donors (Lipinski definition) is 1. The van der Waals surface area contributed by atoms with Gasteiger partial charge in [0.05, 0.1) is 6.10 Å². The molecule has 0 saturated carbocycles. The zero-order chi connectivity index (χ0) is 14.5. The van der Waals surface area contributed by atoms with Crippen LogP contribution in [0.5, 0.6) is 0 Å². The minimum atomic E-state index is -0.218. The van der Waals surface area contributed by atoms with Crippen LogP contribution in [0.4, 0.5) is 4.39 Å². The molecule has 0 amide bonds. The van der Waals surface area contributed by atoms with E-state index in [4.69, 9.17) is 10.5 Å². The van der Waals surface area contributed by atoms with Crippen LogP contribution in [0.1, 0.15) is 31.4 Å². The lowest BCUT2D eigenvalue weighted by Gasteiger charge is -2.36. The van der Waals surface area contributed by atoms with Crippen molar-refractivity contribution < 1.29 is 9.13 Å². The number of likely N-dealkylation sites (tertiary alicyclic amines) is 1. The normalized spacial score (nSPS) is 25.6. The number of nitrogens with zero attached hydrogens (tertiary/aromatic N) is 1. The summed E-state index contributed by atoms with van der Waals surface area (Å²) in [4.78, 5) is 2.40. The van der Waals surface area contributed by atoms with Gasteiger partial charge in [-0.25, -0.2) is 4.39 Å². The average Bonchev–Trinajstić information content (AvgIpc) is 2.46. The van der Waals surface area contributed by atoms with Gasteiger partial charge < -0.3 is 15.4 Å². The monoisotopic (exact) mass is 280 g/mol. The van der Waals surface area contributed by atoms with Crippen molar-refractivity contribution in [1.82, 2.24) is 4.90 Å². The predicted octanol–water partition coefficient (Wildman–Crippen LogP) is 2.57. The molecule has 1 fully saturated rings. The highest BCUT2D eigenvalue weighted by atomic mass is 19.1. The molecule has 112 valence electrons. The average molecular weight is 280 g/mol. The summed E-state index contributed by atoms with van der Waals surface area (Å²) in [6, 6.07) is 6.48. The summed E-state index contributed by atoms with van der Waals surface area (Å²) in [7, 11) is 1.78. The first-order chi connectivity index (χ1) is 9.60. The number of benzene rings is 1. The van der Waals surface area contributed by atoms with E-state index in [9.17, 15) is 4.39 Å². The molecule has 3 nitrogen and oxygen atoms in total. The first kappa shape index (κ1) is 15.4. The second-order valence-corrected chi connectivity index (χ2v) is 5.79. The van der Waals surface area contributed by atoms with Crippen LogP contribution in [0.2, 0.25) is 0 Å². The molecule has 1 heterocycles. The van der Waals surface area contributed by atoms with Crippen LogP contribution >= 0.6 is 0 Å². The smallest absolute Gasteiger partial charge is 0.123 e. The van der Waals surface area contributed by atoms with Crippen molar-refractivity contribution in [3.63, 3.8) is 0 Å². The standard InChI is InChI=1S/C16H25FN2O/c1-12-6-8-19(11-16(12)20-2)9-7-15(18)13-4-3-5-14(17)10-13/h3-5,10,12,15-16H,6-9,11,18H2,1-2H3. The molecular formula is C16H25FN2O. The summed E-state index contributed by atoms with van der Waals surface area (Å²) < 4.78 is 18.7. The van der Waals surface area contributed by atoms with Gasteiger partial charge in [0.25, 0.3) is 0 Å². The van der Waals surface area contributed by atoms with E-state index in [1.165, 1.54) is 12.1 Å². The van der Waals surface area contributed by atoms with Gasteiger partial charge in [-0.1, -0.05) is 19.1 Å². The van der Waals surface area contributed by atoms with E-state index < -0.39 is 0 Å². The third-order valence-electron chi connectivity index (χ3n) is 4.31. The van der Waals surface area contributed by atoms with Gasteiger partial charge in [0.15, 0.2) is 0 Å². The number of piperidine rings is 1. The van der Waals surface area contributed by atoms with E-state index in [0.29, 0.717) is 12.0 Å². The van der Waals surface area contributed by atoms with Crippen molar-refractivity contribution in [2.75, 3.05) is 26.7 Å². The molecule has 0 spiro atoms. The maximum atomic E-state index is 13.2. The van der Waals surface area contributed by atoms with Gasteiger partial charge in [-0.2, -0.15) is 0 Å². The molecule has 1 aromatic rings. The highest BCUT2D eigenvalue weighted by molar-refractivity contribution is 5.19. The molecule has 2 rings (SSSR count). The third kappa shape index (κ3) is 4.01. The molecule has 1 saturated heterocycles. The number of nitrogens with two attached hydrogens (primary N) is 1. The van der Waals surface area contributed by atoms with Gasteiger partial charge in [-0.05, 0) is 43.0 Å². The number of methoxy groups -OCH3 is 1. The number of halogens is 1. The Morgan fingerprint density at radius 1 is 1.50 bits per heavy atom. The zero-order valence-corrected chi connectivity index (χ0v) is 12.4. The first-order valence-electron chi connectivity index (χ1n) is 7.36. The fourth-order valence-electron chi connectivity index (χ4n) is 2.83. The van der Waals surface area contributed by atoms with Crippen molar-refractivity contribution in [2.24, 2.45) is 11.7 Å². The molecule has 1 aliphatic heterocycles. The van der Waals surface area contributed by atoms with Crippen LogP contribution in [-0.2, 0) is 4.74 Å². The Balaban J connectivity index is 1.83. The third-order valence-corrected chi connectivity index (χ3v) is 4.31. The van der Waals surface area contributed by atoms with Gasteiger partial charge in [0.2, 0.25) is 0 Å². The van der Waals surface area contributed by atoms with Crippen molar-refractivity contribution in [1.29, 1.82) is 0 Å². The van der Waals surface area contributed by atoms with E-state index in [0.717, 1.165) is 38.0 Å². The van der Waals surface area contributed by atoms with Crippen LogP contribution in [0.15, 0.2) is 24.3 Å². The molecule has 0 bridgehead atoms. The predicted molar refractivity (Wildman–Crippen MR) is 79.0 cm³/mol. The van der Waals surface area contributed by atoms with Crippen LogP contribution < -0.4 is 5.73 Å². The molecule has 0 radical (unpaired) electrons. The Kier molecular flexibility index (Phi) is 5.52. The summed E-state index contributed by atoms with van der Waals surface area (Å²) in [5.41, 5.74) is 7.02. The van der Waals surface area contributed by atoms with E-state index >= 15 is 0 Å². The second kappa shape index (κ2) is 7.16. The molecule has 3 atom stereocenters. The van der Waals surface area contributed by atoms with Crippen molar-refractivity contribution in [3.05, 3.63) is 35.6 Å².